The highest BCUT2D eigenvalue weighted by molar-refractivity contribution is 7.89. The predicted octanol–water partition coefficient (Wildman–Crippen LogP) is 1.89. The van der Waals surface area contributed by atoms with E-state index in [1.165, 1.54) is 11.4 Å². The maximum absolute atomic E-state index is 12.3. The third-order valence-electron chi connectivity index (χ3n) is 3.13. The van der Waals surface area contributed by atoms with Crippen molar-refractivity contribution in [2.75, 3.05) is 13.7 Å². The highest BCUT2D eigenvalue weighted by Crippen LogP contribution is 2.18. The summed E-state index contributed by atoms with van der Waals surface area (Å²) >= 11 is 0. The van der Waals surface area contributed by atoms with Gasteiger partial charge in [-0.25, -0.2) is 8.42 Å². The minimum absolute atomic E-state index is 0.193. The Morgan fingerprint density at radius 3 is 2.11 bits per heavy atom. The highest BCUT2D eigenvalue weighted by Gasteiger charge is 2.24. The zero-order chi connectivity index (χ0) is 14.6. The van der Waals surface area contributed by atoms with E-state index < -0.39 is 16.1 Å². The number of aliphatic hydroxyl groups is 1. The summed E-state index contributed by atoms with van der Waals surface area (Å²) in [5.74, 6) is 0.541. The van der Waals surface area contributed by atoms with Crippen LogP contribution in [0.2, 0.25) is 0 Å². The van der Waals surface area contributed by atoms with Crippen LogP contribution in [0.5, 0.6) is 0 Å². The molecule has 0 heterocycles. The van der Waals surface area contributed by atoms with Crippen LogP contribution in [0.1, 0.15) is 26.3 Å². The fraction of sp³-hybridized carbons (Fsp3) is 0.571. The number of sulfonamides is 1. The molecule has 0 aromatic heterocycles. The largest absolute Gasteiger partial charge is 0.395 e. The van der Waals surface area contributed by atoms with Gasteiger partial charge in [-0.2, -0.15) is 4.31 Å². The van der Waals surface area contributed by atoms with Crippen molar-refractivity contribution in [3.05, 3.63) is 29.8 Å². The molecule has 0 saturated heterocycles. The van der Waals surface area contributed by atoms with Gasteiger partial charge in [0.25, 0.3) is 0 Å². The summed E-state index contributed by atoms with van der Waals surface area (Å²) in [4.78, 5) is 0.266. The summed E-state index contributed by atoms with van der Waals surface area (Å²) in [6.07, 6.45) is 0.934. The number of hydrogen-bond acceptors (Lipinski definition) is 3. The normalized spacial score (nSPS) is 14.1. The molecule has 0 spiro atoms. The first kappa shape index (κ1) is 16.1. The first-order valence-electron chi connectivity index (χ1n) is 6.47. The Hall–Kier alpha value is -0.910. The van der Waals surface area contributed by atoms with Gasteiger partial charge in [-0.1, -0.05) is 26.0 Å². The molecule has 0 amide bonds. The second-order valence-electron chi connectivity index (χ2n) is 5.29. The molecule has 5 heteroatoms. The summed E-state index contributed by atoms with van der Waals surface area (Å²) in [7, 11) is -2.04. The number of aliphatic hydroxyl groups excluding tert-OH is 1. The molecule has 4 nitrogen and oxygen atoms in total. The van der Waals surface area contributed by atoms with Crippen molar-refractivity contribution < 1.29 is 13.5 Å². The molecule has 0 radical (unpaired) electrons. The van der Waals surface area contributed by atoms with Gasteiger partial charge in [0, 0.05) is 13.1 Å². The summed E-state index contributed by atoms with van der Waals surface area (Å²) in [6, 6.07) is 6.54. The Morgan fingerprint density at radius 1 is 1.16 bits per heavy atom. The summed E-state index contributed by atoms with van der Waals surface area (Å²) in [5, 5.41) is 9.05. The van der Waals surface area contributed by atoms with Crippen LogP contribution < -0.4 is 0 Å². The van der Waals surface area contributed by atoms with E-state index >= 15 is 0 Å². The average Bonchev–Trinajstić information content (AvgIpc) is 2.36. The smallest absolute Gasteiger partial charge is 0.243 e. The second-order valence-corrected chi connectivity index (χ2v) is 7.29. The maximum atomic E-state index is 12.3. The molecule has 1 rings (SSSR count). The average molecular weight is 285 g/mol. The van der Waals surface area contributed by atoms with E-state index in [0.29, 0.717) is 5.92 Å². The monoisotopic (exact) mass is 285 g/mol. The molecular weight excluding hydrogens is 262 g/mol. The molecule has 19 heavy (non-hydrogen) atoms. The van der Waals surface area contributed by atoms with Gasteiger partial charge in [-0.3, -0.25) is 0 Å². The number of rotatable bonds is 6. The van der Waals surface area contributed by atoms with Gasteiger partial charge in [0.1, 0.15) is 0 Å². The van der Waals surface area contributed by atoms with E-state index in [1.807, 2.05) is 12.1 Å². The van der Waals surface area contributed by atoms with Gasteiger partial charge in [0.15, 0.2) is 0 Å². The minimum Gasteiger partial charge on any atom is -0.395 e. The van der Waals surface area contributed by atoms with E-state index in [4.69, 9.17) is 5.11 Å². The molecule has 0 aliphatic heterocycles. The summed E-state index contributed by atoms with van der Waals surface area (Å²) in [6.45, 7) is 5.73. The van der Waals surface area contributed by atoms with Crippen LogP contribution >= 0.6 is 0 Å². The molecule has 1 aromatic rings. The van der Waals surface area contributed by atoms with Crippen molar-refractivity contribution in [2.45, 2.75) is 38.1 Å². The van der Waals surface area contributed by atoms with E-state index in [2.05, 4.69) is 13.8 Å². The van der Waals surface area contributed by atoms with E-state index in [9.17, 15) is 8.42 Å². The van der Waals surface area contributed by atoms with Crippen molar-refractivity contribution in [1.29, 1.82) is 0 Å². The topological polar surface area (TPSA) is 57.6 Å². The zero-order valence-electron chi connectivity index (χ0n) is 12.0. The lowest BCUT2D eigenvalue weighted by Crippen LogP contribution is -2.37. The second kappa shape index (κ2) is 6.50. The zero-order valence-corrected chi connectivity index (χ0v) is 12.8. The van der Waals surface area contributed by atoms with Crippen LogP contribution in [0.4, 0.5) is 0 Å². The Bertz CT molecular complexity index is 494. The van der Waals surface area contributed by atoms with Crippen LogP contribution in [0.3, 0.4) is 0 Å². The predicted molar refractivity (Wildman–Crippen MR) is 76.5 cm³/mol. The van der Waals surface area contributed by atoms with Crippen LogP contribution in [0.25, 0.3) is 0 Å². The quantitative estimate of drug-likeness (QED) is 0.868. The standard InChI is InChI=1S/C14H23NO3S/c1-11(2)9-13-5-7-14(8-6-13)19(17,18)15(4)12(3)10-16/h5-8,11-12,16H,9-10H2,1-4H3/t12-/m1/s1. The molecule has 1 atom stereocenters. The van der Waals surface area contributed by atoms with Crippen molar-refractivity contribution in [2.24, 2.45) is 5.92 Å². The van der Waals surface area contributed by atoms with E-state index in [-0.39, 0.29) is 11.5 Å². The molecular formula is C14H23NO3S. The molecule has 0 unspecified atom stereocenters. The Morgan fingerprint density at radius 2 is 1.68 bits per heavy atom. The molecule has 108 valence electrons. The van der Waals surface area contributed by atoms with Crippen molar-refractivity contribution >= 4 is 10.0 Å². The Balaban J connectivity index is 2.97. The van der Waals surface area contributed by atoms with Gasteiger partial charge < -0.3 is 5.11 Å². The molecule has 0 saturated carbocycles. The lowest BCUT2D eigenvalue weighted by Gasteiger charge is -2.22. The number of hydrogen-bond donors (Lipinski definition) is 1. The maximum Gasteiger partial charge on any atom is 0.243 e. The molecule has 1 aromatic carbocycles. The fourth-order valence-corrected chi connectivity index (χ4v) is 3.14. The van der Waals surface area contributed by atoms with Crippen LogP contribution in [-0.4, -0.2) is 37.5 Å². The van der Waals surface area contributed by atoms with Crippen molar-refractivity contribution in [1.82, 2.24) is 4.31 Å². The van der Waals surface area contributed by atoms with E-state index in [1.54, 1.807) is 19.1 Å². The van der Waals surface area contributed by atoms with Gasteiger partial charge in [0.2, 0.25) is 10.0 Å². The van der Waals surface area contributed by atoms with Gasteiger partial charge in [0.05, 0.1) is 11.5 Å². The fourth-order valence-electron chi connectivity index (χ4n) is 1.79. The van der Waals surface area contributed by atoms with E-state index in [0.717, 1.165) is 12.0 Å². The van der Waals surface area contributed by atoms with Crippen LogP contribution in [-0.2, 0) is 16.4 Å². The molecule has 1 N–H and O–H groups in total. The minimum atomic E-state index is -3.52. The highest BCUT2D eigenvalue weighted by atomic mass is 32.2. The van der Waals surface area contributed by atoms with Gasteiger partial charge >= 0.3 is 0 Å². The summed E-state index contributed by atoms with van der Waals surface area (Å²) < 4.78 is 25.8. The summed E-state index contributed by atoms with van der Waals surface area (Å²) in [5.41, 5.74) is 1.13. The van der Waals surface area contributed by atoms with Crippen LogP contribution in [0.15, 0.2) is 29.2 Å². The van der Waals surface area contributed by atoms with Gasteiger partial charge in [-0.05, 0) is 37.0 Å². The Kier molecular flexibility index (Phi) is 5.52. The number of benzene rings is 1. The number of nitrogens with zero attached hydrogens (tertiary/aromatic N) is 1. The van der Waals surface area contributed by atoms with Gasteiger partial charge in [-0.15, -0.1) is 0 Å². The molecule has 0 fully saturated rings. The lowest BCUT2D eigenvalue weighted by atomic mass is 10.0. The van der Waals surface area contributed by atoms with Crippen molar-refractivity contribution in [3.8, 4) is 0 Å². The number of likely N-dealkylation sites (N-methyl/N-ethyl adjacent to an activating group) is 1. The lowest BCUT2D eigenvalue weighted by molar-refractivity contribution is 0.214. The SMILES string of the molecule is CC(C)Cc1ccc(S(=O)(=O)N(C)[C@H](C)CO)cc1. The Labute approximate surface area is 116 Å². The molecule has 0 aliphatic carbocycles. The van der Waals surface area contributed by atoms with Crippen LogP contribution in [0, 0.1) is 5.92 Å². The third-order valence-corrected chi connectivity index (χ3v) is 5.12. The first-order chi connectivity index (χ1) is 8.78. The molecule has 0 aliphatic rings. The first-order valence-corrected chi connectivity index (χ1v) is 7.91. The third kappa shape index (κ3) is 4.03. The van der Waals surface area contributed by atoms with Crippen molar-refractivity contribution in [3.63, 3.8) is 0 Å². The molecule has 0 bridgehead atoms.